The van der Waals surface area contributed by atoms with E-state index in [9.17, 15) is 4.79 Å². The van der Waals surface area contributed by atoms with Crippen LogP contribution in [0.3, 0.4) is 0 Å². The van der Waals surface area contributed by atoms with Gasteiger partial charge in [0.15, 0.2) is 0 Å². The first kappa shape index (κ1) is 16.3. The van der Waals surface area contributed by atoms with Crippen LogP contribution >= 0.6 is 0 Å². The van der Waals surface area contributed by atoms with Crippen molar-refractivity contribution >= 4 is 6.03 Å². The first-order valence-corrected chi connectivity index (χ1v) is 7.30. The fraction of sp³-hybridized carbons (Fsp3) is 0.933. The van der Waals surface area contributed by atoms with E-state index in [-0.39, 0.29) is 6.03 Å². The third kappa shape index (κ3) is 5.81. The van der Waals surface area contributed by atoms with Crippen LogP contribution in [0.4, 0.5) is 4.79 Å². The molecule has 0 radical (unpaired) electrons. The van der Waals surface area contributed by atoms with Crippen molar-refractivity contribution in [1.29, 1.82) is 0 Å². The van der Waals surface area contributed by atoms with Crippen molar-refractivity contribution in [1.82, 2.24) is 15.5 Å². The van der Waals surface area contributed by atoms with Crippen LogP contribution in [0.1, 0.15) is 47.0 Å². The van der Waals surface area contributed by atoms with E-state index >= 15 is 0 Å². The lowest BCUT2D eigenvalue weighted by molar-refractivity contribution is 0.0854. The first-order valence-electron chi connectivity index (χ1n) is 7.30. The Hall–Kier alpha value is -0.770. The van der Waals surface area contributed by atoms with Crippen LogP contribution in [0.25, 0.3) is 0 Å². The fourth-order valence-corrected chi connectivity index (χ4v) is 3.59. The molecular weight excluding hydrogens is 238 g/mol. The van der Waals surface area contributed by atoms with E-state index in [1.165, 1.54) is 19.3 Å². The summed E-state index contributed by atoms with van der Waals surface area (Å²) >= 11 is 0. The quantitative estimate of drug-likeness (QED) is 0.770. The van der Waals surface area contributed by atoms with Gasteiger partial charge in [0.2, 0.25) is 0 Å². The summed E-state index contributed by atoms with van der Waals surface area (Å²) in [5.74, 6) is 0. The number of hydrogen-bond donors (Lipinski definition) is 2. The molecule has 4 heteroatoms. The molecule has 0 unspecified atom stereocenters. The molecule has 0 aliphatic heterocycles. The molecule has 2 N–H and O–H groups in total. The topological polar surface area (TPSA) is 44.4 Å². The Morgan fingerprint density at radius 3 is 2.11 bits per heavy atom. The molecule has 1 rings (SSSR count). The number of carbonyl (C=O) groups is 1. The standard InChI is InChI=1S/C15H31N3O/c1-14(2)9-12(10-15(3,4)11-14)16-7-8-17-13(19)18(5)6/h12,16H,7-11H2,1-6H3,(H,17,19). The van der Waals surface area contributed by atoms with E-state index in [0.717, 1.165) is 6.54 Å². The molecule has 0 heterocycles. The average Bonchev–Trinajstić information content (AvgIpc) is 2.19. The number of hydrogen-bond acceptors (Lipinski definition) is 2. The van der Waals surface area contributed by atoms with Gasteiger partial charge in [-0.25, -0.2) is 4.79 Å². The molecule has 1 fully saturated rings. The Balaban J connectivity index is 2.31. The van der Waals surface area contributed by atoms with Gasteiger partial charge in [0.1, 0.15) is 0 Å². The molecule has 1 saturated carbocycles. The Morgan fingerprint density at radius 1 is 1.11 bits per heavy atom. The van der Waals surface area contributed by atoms with Crippen molar-refractivity contribution in [2.24, 2.45) is 10.8 Å². The molecule has 0 saturated heterocycles. The summed E-state index contributed by atoms with van der Waals surface area (Å²) in [7, 11) is 3.52. The monoisotopic (exact) mass is 269 g/mol. The smallest absolute Gasteiger partial charge is 0.316 e. The number of amides is 2. The Kier molecular flexibility index (Phi) is 5.25. The second-order valence-corrected chi connectivity index (χ2v) is 7.69. The second-order valence-electron chi connectivity index (χ2n) is 7.69. The van der Waals surface area contributed by atoms with Crippen LogP contribution in [0.2, 0.25) is 0 Å². The van der Waals surface area contributed by atoms with E-state index in [1.807, 2.05) is 0 Å². The zero-order valence-electron chi connectivity index (χ0n) is 13.5. The van der Waals surface area contributed by atoms with Crippen molar-refractivity contribution in [2.75, 3.05) is 27.2 Å². The van der Waals surface area contributed by atoms with Gasteiger partial charge in [-0.15, -0.1) is 0 Å². The number of nitrogens with zero attached hydrogens (tertiary/aromatic N) is 1. The summed E-state index contributed by atoms with van der Waals surface area (Å²) in [5.41, 5.74) is 0.818. The zero-order chi connectivity index (χ0) is 14.7. The number of carbonyl (C=O) groups excluding carboxylic acids is 1. The summed E-state index contributed by atoms with van der Waals surface area (Å²) in [6, 6.07) is 0.543. The van der Waals surface area contributed by atoms with Crippen LogP contribution in [0, 0.1) is 10.8 Å². The molecule has 0 atom stereocenters. The number of rotatable bonds is 4. The van der Waals surface area contributed by atoms with Crippen molar-refractivity contribution in [3.63, 3.8) is 0 Å². The third-order valence-electron chi connectivity index (χ3n) is 3.80. The first-order chi connectivity index (χ1) is 8.61. The van der Waals surface area contributed by atoms with Gasteiger partial charge < -0.3 is 15.5 Å². The molecule has 0 aromatic heterocycles. The van der Waals surface area contributed by atoms with Crippen LogP contribution in [0.5, 0.6) is 0 Å². The summed E-state index contributed by atoms with van der Waals surface area (Å²) in [6.45, 7) is 11.0. The highest BCUT2D eigenvalue weighted by Crippen LogP contribution is 2.45. The molecule has 0 aromatic rings. The molecular formula is C15H31N3O. The largest absolute Gasteiger partial charge is 0.337 e. The highest BCUT2D eigenvalue weighted by atomic mass is 16.2. The van der Waals surface area contributed by atoms with Gasteiger partial charge >= 0.3 is 6.03 Å². The molecule has 0 aromatic carbocycles. The molecule has 1 aliphatic rings. The molecule has 19 heavy (non-hydrogen) atoms. The molecule has 1 aliphatic carbocycles. The SMILES string of the molecule is CN(C)C(=O)NCCNC1CC(C)(C)CC(C)(C)C1. The number of nitrogens with one attached hydrogen (secondary N) is 2. The molecule has 112 valence electrons. The third-order valence-corrected chi connectivity index (χ3v) is 3.80. The minimum Gasteiger partial charge on any atom is -0.337 e. The van der Waals surface area contributed by atoms with E-state index in [2.05, 4.69) is 38.3 Å². The van der Waals surface area contributed by atoms with Gasteiger partial charge in [0.25, 0.3) is 0 Å². The summed E-state index contributed by atoms with van der Waals surface area (Å²) in [6.07, 6.45) is 3.73. The van der Waals surface area contributed by atoms with Crippen molar-refractivity contribution in [3.05, 3.63) is 0 Å². The Morgan fingerprint density at radius 2 is 1.63 bits per heavy atom. The van der Waals surface area contributed by atoms with Crippen LogP contribution < -0.4 is 10.6 Å². The van der Waals surface area contributed by atoms with Gasteiger partial charge in [0, 0.05) is 33.2 Å². The van der Waals surface area contributed by atoms with E-state index in [1.54, 1.807) is 19.0 Å². The van der Waals surface area contributed by atoms with Crippen molar-refractivity contribution in [3.8, 4) is 0 Å². The minimum absolute atomic E-state index is 0.0221. The molecule has 0 spiro atoms. The van der Waals surface area contributed by atoms with Gasteiger partial charge in [0.05, 0.1) is 0 Å². The van der Waals surface area contributed by atoms with Crippen molar-refractivity contribution < 1.29 is 4.79 Å². The average molecular weight is 269 g/mol. The Labute approximate surface area is 118 Å². The Bertz CT molecular complexity index is 295. The minimum atomic E-state index is -0.0221. The summed E-state index contributed by atoms with van der Waals surface area (Å²) < 4.78 is 0. The lowest BCUT2D eigenvalue weighted by Gasteiger charge is -2.45. The van der Waals surface area contributed by atoms with Gasteiger partial charge in [-0.2, -0.15) is 0 Å². The van der Waals surface area contributed by atoms with E-state index in [0.29, 0.717) is 23.4 Å². The normalized spacial score (nSPS) is 22.0. The molecule has 2 amide bonds. The lowest BCUT2D eigenvalue weighted by Crippen LogP contribution is -2.46. The molecule has 4 nitrogen and oxygen atoms in total. The fourth-order valence-electron chi connectivity index (χ4n) is 3.59. The number of urea groups is 1. The summed E-state index contributed by atoms with van der Waals surface area (Å²) in [5, 5.41) is 6.48. The van der Waals surface area contributed by atoms with E-state index < -0.39 is 0 Å². The highest BCUT2D eigenvalue weighted by Gasteiger charge is 2.37. The maximum absolute atomic E-state index is 11.4. The highest BCUT2D eigenvalue weighted by molar-refractivity contribution is 5.73. The van der Waals surface area contributed by atoms with Gasteiger partial charge in [-0.05, 0) is 30.1 Å². The zero-order valence-corrected chi connectivity index (χ0v) is 13.5. The second kappa shape index (κ2) is 6.12. The van der Waals surface area contributed by atoms with Crippen LogP contribution in [0.15, 0.2) is 0 Å². The maximum Gasteiger partial charge on any atom is 0.316 e. The predicted octanol–water partition coefficient (Wildman–Crippen LogP) is 2.45. The van der Waals surface area contributed by atoms with Gasteiger partial charge in [-0.1, -0.05) is 27.7 Å². The molecule has 0 bridgehead atoms. The van der Waals surface area contributed by atoms with Crippen LogP contribution in [-0.4, -0.2) is 44.2 Å². The van der Waals surface area contributed by atoms with Crippen LogP contribution in [-0.2, 0) is 0 Å². The van der Waals surface area contributed by atoms with Crippen molar-refractivity contribution in [2.45, 2.75) is 53.0 Å². The van der Waals surface area contributed by atoms with E-state index in [4.69, 9.17) is 0 Å². The predicted molar refractivity (Wildman–Crippen MR) is 80.3 cm³/mol. The van der Waals surface area contributed by atoms with Gasteiger partial charge in [-0.3, -0.25) is 0 Å². The lowest BCUT2D eigenvalue weighted by atomic mass is 9.63. The maximum atomic E-state index is 11.4. The summed E-state index contributed by atoms with van der Waals surface area (Å²) in [4.78, 5) is 12.9.